The normalized spacial score (nSPS) is 13.7. The first-order valence-corrected chi connectivity index (χ1v) is 14.9. The molecule has 6 nitrogen and oxygen atoms in total. The maximum atomic E-state index is 10.0. The lowest BCUT2D eigenvalue weighted by molar-refractivity contribution is 0.224. The summed E-state index contributed by atoms with van der Waals surface area (Å²) in [4.78, 5) is 4.95. The van der Waals surface area contributed by atoms with Crippen LogP contribution in [0.4, 0.5) is 5.69 Å². The summed E-state index contributed by atoms with van der Waals surface area (Å²) >= 11 is 0. The number of aromatic hydroxyl groups is 2. The SMILES string of the molecule is COc1ccc(N2CCN(CCCOc3ccc(Cc4c(-c5ccc(O)cc5)ccc5cc(O)ccc45)cc3)CC2)cc1. The first-order valence-electron chi connectivity index (χ1n) is 14.9. The van der Waals surface area contributed by atoms with Gasteiger partial charge in [0, 0.05) is 38.4 Å². The van der Waals surface area contributed by atoms with E-state index in [0.717, 1.165) is 79.0 Å². The van der Waals surface area contributed by atoms with E-state index in [0.29, 0.717) is 6.61 Å². The van der Waals surface area contributed by atoms with Crippen molar-refractivity contribution in [3.8, 4) is 34.1 Å². The number of phenols is 2. The molecule has 0 aromatic heterocycles. The van der Waals surface area contributed by atoms with Gasteiger partial charge in [-0.2, -0.15) is 0 Å². The third-order valence-corrected chi connectivity index (χ3v) is 8.29. The van der Waals surface area contributed by atoms with Gasteiger partial charge in [-0.3, -0.25) is 4.90 Å². The molecule has 6 heteroatoms. The van der Waals surface area contributed by atoms with Gasteiger partial charge in [-0.25, -0.2) is 0 Å². The Hall–Kier alpha value is -4.68. The zero-order valence-corrected chi connectivity index (χ0v) is 24.6. The van der Waals surface area contributed by atoms with Crippen LogP contribution in [0.15, 0.2) is 103 Å². The van der Waals surface area contributed by atoms with E-state index in [2.05, 4.69) is 52.3 Å². The number of hydrogen-bond donors (Lipinski definition) is 2. The number of methoxy groups -OCH3 is 1. The van der Waals surface area contributed by atoms with E-state index in [4.69, 9.17) is 9.47 Å². The predicted molar refractivity (Wildman–Crippen MR) is 174 cm³/mol. The van der Waals surface area contributed by atoms with Crippen LogP contribution in [0.2, 0.25) is 0 Å². The summed E-state index contributed by atoms with van der Waals surface area (Å²) in [6.45, 7) is 5.89. The van der Waals surface area contributed by atoms with E-state index < -0.39 is 0 Å². The van der Waals surface area contributed by atoms with Gasteiger partial charge in [0.15, 0.2) is 0 Å². The van der Waals surface area contributed by atoms with Gasteiger partial charge >= 0.3 is 0 Å². The number of nitrogens with zero attached hydrogens (tertiary/aromatic N) is 2. The minimum atomic E-state index is 0.249. The number of rotatable bonds is 10. The van der Waals surface area contributed by atoms with Crippen molar-refractivity contribution >= 4 is 16.5 Å². The summed E-state index contributed by atoms with van der Waals surface area (Å²) in [6.07, 6.45) is 1.73. The molecule has 0 saturated carbocycles. The van der Waals surface area contributed by atoms with Crippen LogP contribution in [0.25, 0.3) is 21.9 Å². The molecule has 0 amide bonds. The second-order valence-corrected chi connectivity index (χ2v) is 11.1. The predicted octanol–water partition coefficient (Wildman–Crippen LogP) is 7.11. The second-order valence-electron chi connectivity index (χ2n) is 11.1. The van der Waals surface area contributed by atoms with E-state index in [1.807, 2.05) is 36.4 Å². The van der Waals surface area contributed by atoms with E-state index in [-0.39, 0.29) is 11.5 Å². The van der Waals surface area contributed by atoms with Gasteiger partial charge in [0.05, 0.1) is 13.7 Å². The quantitative estimate of drug-likeness (QED) is 0.173. The van der Waals surface area contributed by atoms with E-state index in [9.17, 15) is 10.2 Å². The fourth-order valence-electron chi connectivity index (χ4n) is 5.89. The summed E-state index contributed by atoms with van der Waals surface area (Å²) in [5, 5.41) is 21.9. The molecule has 0 bridgehead atoms. The van der Waals surface area contributed by atoms with Gasteiger partial charge in [0.2, 0.25) is 0 Å². The largest absolute Gasteiger partial charge is 0.508 e. The average Bonchev–Trinajstić information content (AvgIpc) is 3.05. The molecule has 0 unspecified atom stereocenters. The standard InChI is InChI=1S/C37H38N2O4/c1-42-33-15-8-30(9-16-33)39-22-20-38(21-23-39)19-2-24-43-34-13-3-27(4-14-34)25-37-35(28-5-10-31(40)11-6-28)17-7-29-26-32(41)12-18-36(29)37/h3-18,26,40-41H,2,19-25H2,1H3. The van der Waals surface area contributed by atoms with E-state index >= 15 is 0 Å². The smallest absolute Gasteiger partial charge is 0.119 e. The third kappa shape index (κ3) is 6.87. The molecule has 1 aliphatic heterocycles. The Morgan fingerprint density at radius 1 is 0.698 bits per heavy atom. The fraction of sp³-hybridized carbons (Fsp3) is 0.243. The molecule has 0 aliphatic carbocycles. The number of fused-ring (bicyclic) bond motifs is 1. The molecular weight excluding hydrogens is 536 g/mol. The summed E-state index contributed by atoms with van der Waals surface area (Å²) < 4.78 is 11.4. The molecule has 1 heterocycles. The lowest BCUT2D eigenvalue weighted by atomic mass is 9.90. The van der Waals surface area contributed by atoms with Gasteiger partial charge in [-0.1, -0.05) is 42.5 Å². The van der Waals surface area contributed by atoms with Gasteiger partial charge in [-0.05, 0) is 107 Å². The zero-order chi connectivity index (χ0) is 29.6. The molecule has 1 saturated heterocycles. The van der Waals surface area contributed by atoms with Crippen LogP contribution in [0.5, 0.6) is 23.0 Å². The summed E-state index contributed by atoms with van der Waals surface area (Å²) in [6, 6.07) is 33.7. The highest BCUT2D eigenvalue weighted by Gasteiger charge is 2.17. The molecule has 1 aliphatic rings. The highest BCUT2D eigenvalue weighted by atomic mass is 16.5. The van der Waals surface area contributed by atoms with Crippen LogP contribution in [0, 0.1) is 0 Å². The fourth-order valence-corrected chi connectivity index (χ4v) is 5.89. The van der Waals surface area contributed by atoms with Gasteiger partial charge in [0.25, 0.3) is 0 Å². The number of piperazine rings is 1. The number of ether oxygens (including phenoxy) is 2. The lowest BCUT2D eigenvalue weighted by Gasteiger charge is -2.36. The minimum absolute atomic E-state index is 0.249. The number of phenolic OH excluding ortho intramolecular Hbond substituents is 2. The Kier molecular flexibility index (Phi) is 8.66. The third-order valence-electron chi connectivity index (χ3n) is 8.29. The first-order chi connectivity index (χ1) is 21.1. The van der Waals surface area contributed by atoms with Crippen LogP contribution >= 0.6 is 0 Å². The highest BCUT2D eigenvalue weighted by molar-refractivity contribution is 5.93. The molecule has 2 N–H and O–H groups in total. The van der Waals surface area contributed by atoms with Crippen molar-refractivity contribution in [2.45, 2.75) is 12.8 Å². The van der Waals surface area contributed by atoms with Crippen molar-refractivity contribution in [1.29, 1.82) is 0 Å². The molecule has 5 aromatic carbocycles. The molecule has 5 aromatic rings. The van der Waals surface area contributed by atoms with Crippen molar-refractivity contribution in [3.63, 3.8) is 0 Å². The number of benzene rings is 5. The highest BCUT2D eigenvalue weighted by Crippen LogP contribution is 2.34. The van der Waals surface area contributed by atoms with Crippen LogP contribution in [-0.2, 0) is 6.42 Å². The zero-order valence-electron chi connectivity index (χ0n) is 24.6. The summed E-state index contributed by atoms with van der Waals surface area (Å²) in [7, 11) is 1.70. The Bertz CT molecular complexity index is 1640. The molecule has 0 spiro atoms. The second kappa shape index (κ2) is 13.1. The molecule has 1 fully saturated rings. The van der Waals surface area contributed by atoms with Crippen LogP contribution in [0.1, 0.15) is 17.5 Å². The van der Waals surface area contributed by atoms with Crippen molar-refractivity contribution in [3.05, 3.63) is 114 Å². The molecule has 0 radical (unpaired) electrons. The van der Waals surface area contributed by atoms with Crippen LogP contribution in [-0.4, -0.2) is 61.6 Å². The van der Waals surface area contributed by atoms with Crippen LogP contribution < -0.4 is 14.4 Å². The van der Waals surface area contributed by atoms with Crippen LogP contribution in [0.3, 0.4) is 0 Å². The molecular formula is C37H38N2O4. The van der Waals surface area contributed by atoms with E-state index in [1.165, 1.54) is 16.8 Å². The molecule has 6 rings (SSSR count). The number of hydrogen-bond acceptors (Lipinski definition) is 6. The van der Waals surface area contributed by atoms with E-state index in [1.54, 1.807) is 31.4 Å². The lowest BCUT2D eigenvalue weighted by Crippen LogP contribution is -2.46. The van der Waals surface area contributed by atoms with Gasteiger partial charge < -0.3 is 24.6 Å². The summed E-state index contributed by atoms with van der Waals surface area (Å²) in [5.41, 5.74) is 5.78. The maximum absolute atomic E-state index is 10.0. The number of anilines is 1. The Morgan fingerprint density at radius 2 is 1.40 bits per heavy atom. The Balaban J connectivity index is 1.03. The van der Waals surface area contributed by atoms with Crippen molar-refractivity contribution < 1.29 is 19.7 Å². The Labute approximate surface area is 253 Å². The Morgan fingerprint density at radius 3 is 2.12 bits per heavy atom. The first kappa shape index (κ1) is 28.4. The minimum Gasteiger partial charge on any atom is -0.508 e. The van der Waals surface area contributed by atoms with Crippen molar-refractivity contribution in [1.82, 2.24) is 4.90 Å². The summed E-state index contributed by atoms with van der Waals surface area (Å²) in [5.74, 6) is 2.28. The molecule has 43 heavy (non-hydrogen) atoms. The molecule has 0 atom stereocenters. The monoisotopic (exact) mass is 574 g/mol. The average molecular weight is 575 g/mol. The van der Waals surface area contributed by atoms with Crippen molar-refractivity contribution in [2.75, 3.05) is 51.3 Å². The van der Waals surface area contributed by atoms with Crippen molar-refractivity contribution in [2.24, 2.45) is 0 Å². The maximum Gasteiger partial charge on any atom is 0.119 e. The molecule has 220 valence electrons. The topological polar surface area (TPSA) is 65.4 Å². The van der Waals surface area contributed by atoms with Gasteiger partial charge in [0.1, 0.15) is 23.0 Å². The van der Waals surface area contributed by atoms with Gasteiger partial charge in [-0.15, -0.1) is 0 Å².